The fourth-order valence-corrected chi connectivity index (χ4v) is 5.20. The minimum absolute atomic E-state index is 0.116. The van der Waals surface area contributed by atoms with Gasteiger partial charge in [-0.15, -0.1) is 0 Å². The van der Waals surface area contributed by atoms with Crippen molar-refractivity contribution in [3.05, 3.63) is 29.8 Å². The molecule has 1 fully saturated rings. The van der Waals surface area contributed by atoms with Crippen LogP contribution in [0.5, 0.6) is 0 Å². The zero-order valence-corrected chi connectivity index (χ0v) is 16.6. The van der Waals surface area contributed by atoms with E-state index in [0.717, 1.165) is 19.3 Å². The number of rotatable bonds is 8. The third-order valence-corrected chi connectivity index (χ3v) is 7.57. The predicted octanol–water partition coefficient (Wildman–Crippen LogP) is 2.24. The third-order valence-electron chi connectivity index (χ3n) is 5.57. The number of nitrogens with one attached hydrogen (secondary N) is 1. The average molecular weight is 382 g/mol. The van der Waals surface area contributed by atoms with E-state index in [1.54, 1.807) is 28.6 Å². The quantitative estimate of drug-likeness (QED) is 0.722. The second-order valence-corrected chi connectivity index (χ2v) is 8.85. The minimum Gasteiger partial charge on any atom is -0.351 e. The second-order valence-electron chi connectivity index (χ2n) is 6.95. The minimum atomic E-state index is -3.54. The molecule has 26 heavy (non-hydrogen) atoms. The highest BCUT2D eigenvalue weighted by molar-refractivity contribution is 7.89. The summed E-state index contributed by atoms with van der Waals surface area (Å²) >= 11 is 0. The van der Waals surface area contributed by atoms with E-state index in [0.29, 0.717) is 31.5 Å². The van der Waals surface area contributed by atoms with E-state index < -0.39 is 15.4 Å². The van der Waals surface area contributed by atoms with Gasteiger partial charge >= 0.3 is 0 Å². The van der Waals surface area contributed by atoms with Crippen molar-refractivity contribution in [2.24, 2.45) is 11.1 Å². The highest BCUT2D eigenvalue weighted by atomic mass is 32.2. The van der Waals surface area contributed by atoms with Gasteiger partial charge in [-0.1, -0.05) is 38.5 Å². The van der Waals surface area contributed by atoms with Crippen LogP contribution in [0.2, 0.25) is 0 Å². The molecule has 0 radical (unpaired) electrons. The molecule has 6 nitrogen and oxygen atoms in total. The molecule has 1 heterocycles. The predicted molar refractivity (Wildman–Crippen MR) is 103 cm³/mol. The maximum absolute atomic E-state index is 13.0. The van der Waals surface area contributed by atoms with E-state index in [2.05, 4.69) is 5.32 Å². The Hall–Kier alpha value is -1.44. The van der Waals surface area contributed by atoms with Crippen molar-refractivity contribution >= 4 is 15.9 Å². The molecule has 0 aromatic heterocycles. The Labute approximate surface area is 157 Å². The van der Waals surface area contributed by atoms with Crippen LogP contribution >= 0.6 is 0 Å². The third kappa shape index (κ3) is 4.27. The van der Waals surface area contributed by atoms with Gasteiger partial charge in [-0.3, -0.25) is 4.79 Å². The van der Waals surface area contributed by atoms with Gasteiger partial charge in [-0.2, -0.15) is 4.31 Å². The van der Waals surface area contributed by atoms with Crippen LogP contribution in [0.1, 0.15) is 51.5 Å². The summed E-state index contributed by atoms with van der Waals surface area (Å²) in [5, 5.41) is 2.91. The molecule has 1 aliphatic heterocycles. The Balaban J connectivity index is 2.20. The summed E-state index contributed by atoms with van der Waals surface area (Å²) in [6, 6.07) is 6.91. The van der Waals surface area contributed by atoms with Crippen LogP contribution in [0.25, 0.3) is 0 Å². The first-order valence-electron chi connectivity index (χ1n) is 9.47. The number of benzene rings is 1. The van der Waals surface area contributed by atoms with Gasteiger partial charge in [0.15, 0.2) is 0 Å². The number of hydrogen-bond donors (Lipinski definition) is 2. The van der Waals surface area contributed by atoms with Crippen molar-refractivity contribution in [3.8, 4) is 0 Å². The van der Waals surface area contributed by atoms with Crippen molar-refractivity contribution in [1.82, 2.24) is 9.62 Å². The van der Waals surface area contributed by atoms with Crippen molar-refractivity contribution in [1.29, 1.82) is 0 Å². The van der Waals surface area contributed by atoms with Gasteiger partial charge in [0.1, 0.15) is 0 Å². The van der Waals surface area contributed by atoms with Gasteiger partial charge in [0.05, 0.1) is 10.3 Å². The number of carbonyl (C=O) groups is 1. The van der Waals surface area contributed by atoms with E-state index in [-0.39, 0.29) is 23.9 Å². The first kappa shape index (κ1) is 20.9. The fourth-order valence-electron chi connectivity index (χ4n) is 3.46. The summed E-state index contributed by atoms with van der Waals surface area (Å²) < 4.78 is 27.6. The number of sulfonamides is 1. The van der Waals surface area contributed by atoms with E-state index >= 15 is 0 Å². The molecule has 7 heteroatoms. The van der Waals surface area contributed by atoms with Gasteiger partial charge in [-0.25, -0.2) is 8.42 Å². The normalized spacial score (nSPS) is 16.4. The highest BCUT2D eigenvalue weighted by Gasteiger charge is 2.33. The molecule has 1 aromatic carbocycles. The standard InChI is InChI=1S/C19H31N3O3S/c1-3-19(4-2,15-20)18(23)21-14-16-10-6-7-11-17(16)26(24,25)22-12-8-5-9-13-22/h6-7,10-11H,3-5,8-9,12-15,20H2,1-2H3,(H,21,23). The molecule has 1 aromatic rings. The van der Waals surface area contributed by atoms with Crippen LogP contribution in [-0.2, 0) is 21.4 Å². The van der Waals surface area contributed by atoms with E-state index in [9.17, 15) is 13.2 Å². The average Bonchev–Trinajstić information content (AvgIpc) is 2.69. The zero-order chi connectivity index (χ0) is 19.2. The van der Waals surface area contributed by atoms with Crippen molar-refractivity contribution in [3.63, 3.8) is 0 Å². The van der Waals surface area contributed by atoms with Gasteiger partial charge < -0.3 is 11.1 Å². The van der Waals surface area contributed by atoms with Crippen molar-refractivity contribution in [2.75, 3.05) is 19.6 Å². The molecule has 2 rings (SSSR count). The fraction of sp³-hybridized carbons (Fsp3) is 0.632. The number of nitrogens with zero attached hydrogens (tertiary/aromatic N) is 1. The summed E-state index contributed by atoms with van der Waals surface area (Å²) in [4.78, 5) is 12.9. The molecule has 1 saturated heterocycles. The van der Waals surface area contributed by atoms with Gasteiger partial charge in [0.25, 0.3) is 0 Å². The molecule has 3 N–H and O–H groups in total. The molecule has 0 bridgehead atoms. The molecule has 0 unspecified atom stereocenters. The molecule has 0 aliphatic carbocycles. The number of hydrogen-bond acceptors (Lipinski definition) is 4. The van der Waals surface area contributed by atoms with E-state index in [1.807, 2.05) is 13.8 Å². The topological polar surface area (TPSA) is 92.5 Å². The van der Waals surface area contributed by atoms with Crippen LogP contribution in [0, 0.1) is 5.41 Å². The molecule has 0 saturated carbocycles. The largest absolute Gasteiger partial charge is 0.351 e. The van der Waals surface area contributed by atoms with Gasteiger partial charge in [0.2, 0.25) is 15.9 Å². The monoisotopic (exact) mass is 381 g/mol. The number of amides is 1. The lowest BCUT2D eigenvalue weighted by Gasteiger charge is -2.29. The van der Waals surface area contributed by atoms with Gasteiger partial charge in [0, 0.05) is 26.2 Å². The van der Waals surface area contributed by atoms with Crippen LogP contribution < -0.4 is 11.1 Å². The van der Waals surface area contributed by atoms with Gasteiger partial charge in [-0.05, 0) is 37.3 Å². The summed E-state index contributed by atoms with van der Waals surface area (Å²) in [5.41, 5.74) is 5.85. The summed E-state index contributed by atoms with van der Waals surface area (Å²) in [7, 11) is -3.54. The van der Waals surface area contributed by atoms with E-state index in [4.69, 9.17) is 5.73 Å². The van der Waals surface area contributed by atoms with Crippen molar-refractivity contribution < 1.29 is 13.2 Å². The van der Waals surface area contributed by atoms with Crippen LogP contribution in [-0.4, -0.2) is 38.3 Å². The lowest BCUT2D eigenvalue weighted by molar-refractivity contribution is -0.131. The zero-order valence-electron chi connectivity index (χ0n) is 15.8. The number of nitrogens with two attached hydrogens (primary N) is 1. The molecule has 146 valence electrons. The maximum atomic E-state index is 13.0. The SMILES string of the molecule is CCC(CC)(CN)C(=O)NCc1ccccc1S(=O)(=O)N1CCCCC1. The molecule has 1 amide bonds. The van der Waals surface area contributed by atoms with Crippen LogP contribution in [0.15, 0.2) is 29.2 Å². The summed E-state index contributed by atoms with van der Waals surface area (Å²) in [5.74, 6) is -0.116. The summed E-state index contributed by atoms with van der Waals surface area (Å²) in [6.07, 6.45) is 4.16. The number of piperidine rings is 1. The first-order valence-corrected chi connectivity index (χ1v) is 10.9. The van der Waals surface area contributed by atoms with Crippen molar-refractivity contribution in [2.45, 2.75) is 57.4 Å². The Morgan fingerprint density at radius 2 is 1.77 bits per heavy atom. The number of carbonyl (C=O) groups excluding carboxylic acids is 1. The Morgan fingerprint density at radius 3 is 2.35 bits per heavy atom. The van der Waals surface area contributed by atoms with Crippen LogP contribution in [0.4, 0.5) is 0 Å². The second kappa shape index (κ2) is 8.97. The summed E-state index contributed by atoms with van der Waals surface area (Å²) in [6.45, 7) is 5.48. The maximum Gasteiger partial charge on any atom is 0.243 e. The Kier molecular flexibility index (Phi) is 7.20. The smallest absolute Gasteiger partial charge is 0.243 e. The van der Waals surface area contributed by atoms with Crippen LogP contribution in [0.3, 0.4) is 0 Å². The first-order chi connectivity index (χ1) is 12.4. The Bertz CT molecular complexity index is 700. The molecular formula is C19H31N3O3S. The van der Waals surface area contributed by atoms with E-state index in [1.165, 1.54) is 0 Å². The molecular weight excluding hydrogens is 350 g/mol. The molecule has 1 aliphatic rings. The molecule has 0 atom stereocenters. The molecule has 0 spiro atoms. The Morgan fingerprint density at radius 1 is 1.15 bits per heavy atom. The lowest BCUT2D eigenvalue weighted by atomic mass is 9.81. The highest BCUT2D eigenvalue weighted by Crippen LogP contribution is 2.26. The lowest BCUT2D eigenvalue weighted by Crippen LogP contribution is -2.45.